The molecule has 0 saturated carbocycles. The molecule has 0 radical (unpaired) electrons. The van der Waals surface area contributed by atoms with E-state index in [1.807, 2.05) is 12.1 Å². The van der Waals surface area contributed by atoms with Gasteiger partial charge in [0.1, 0.15) is 15.3 Å². The Labute approximate surface area is 248 Å². The predicted octanol–water partition coefficient (Wildman–Crippen LogP) is 1.52. The maximum atomic E-state index is 13.1. The van der Waals surface area contributed by atoms with Crippen molar-refractivity contribution in [1.29, 1.82) is 5.26 Å². The topological polar surface area (TPSA) is 139 Å². The van der Waals surface area contributed by atoms with E-state index in [0.717, 1.165) is 37.4 Å². The molecule has 2 amide bonds. The van der Waals surface area contributed by atoms with E-state index in [1.165, 1.54) is 23.6 Å². The lowest BCUT2D eigenvalue weighted by Gasteiger charge is -2.16. The fourth-order valence-corrected chi connectivity index (χ4v) is 5.94. The van der Waals surface area contributed by atoms with Crippen LogP contribution in [0.4, 0.5) is 5.69 Å². The molecule has 0 bridgehead atoms. The van der Waals surface area contributed by atoms with Crippen molar-refractivity contribution < 1.29 is 14.7 Å². The minimum atomic E-state index is -0.703. The maximum absolute atomic E-state index is 13.1. The van der Waals surface area contributed by atoms with Gasteiger partial charge in [0.15, 0.2) is 5.57 Å². The number of anilines is 1. The predicted molar refractivity (Wildman–Crippen MR) is 164 cm³/mol. The number of hydrogen-bond acceptors (Lipinski definition) is 8. The highest BCUT2D eigenvalue weighted by Crippen LogP contribution is 2.13. The summed E-state index contributed by atoms with van der Waals surface area (Å²) in [5, 5.41) is 28.4. The molecule has 0 spiro atoms. The van der Waals surface area contributed by atoms with Crippen molar-refractivity contribution in [2.75, 3.05) is 38.1 Å². The molecule has 4 rings (SSSR count). The number of aromatic nitrogens is 1. The van der Waals surface area contributed by atoms with Crippen molar-refractivity contribution in [3.8, 4) is 6.07 Å². The fourth-order valence-electron chi connectivity index (χ4n) is 4.85. The van der Waals surface area contributed by atoms with Gasteiger partial charge in [-0.1, -0.05) is 36.4 Å². The first-order valence-electron chi connectivity index (χ1n) is 14.1. The fraction of sp³-hybridized carbons (Fsp3) is 0.355. The molecule has 4 N–H and O–H groups in total. The van der Waals surface area contributed by atoms with Gasteiger partial charge in [-0.3, -0.25) is 19.0 Å². The van der Waals surface area contributed by atoms with Crippen LogP contribution in [0.2, 0.25) is 0 Å². The summed E-state index contributed by atoms with van der Waals surface area (Å²) in [6.45, 7) is 5.52. The van der Waals surface area contributed by atoms with E-state index in [2.05, 4.69) is 20.9 Å². The molecule has 42 heavy (non-hydrogen) atoms. The number of aliphatic hydroxyl groups excluding tert-OH is 1. The molecule has 1 atom stereocenters. The Morgan fingerprint density at radius 3 is 2.60 bits per heavy atom. The molecule has 2 heterocycles. The van der Waals surface area contributed by atoms with Crippen LogP contribution >= 0.6 is 11.3 Å². The molecule has 11 heteroatoms. The van der Waals surface area contributed by atoms with Crippen LogP contribution < -0.4 is 30.7 Å². The lowest BCUT2D eigenvalue weighted by Crippen LogP contribution is -2.36. The number of amides is 2. The first-order valence-corrected chi connectivity index (χ1v) is 14.9. The van der Waals surface area contributed by atoms with Gasteiger partial charge in [-0.2, -0.15) is 5.26 Å². The molecule has 1 fully saturated rings. The maximum Gasteiger partial charge on any atom is 0.270 e. The van der Waals surface area contributed by atoms with E-state index in [9.17, 15) is 24.8 Å². The monoisotopic (exact) mass is 588 g/mol. The Hall–Kier alpha value is -4.24. The van der Waals surface area contributed by atoms with Crippen LogP contribution in [0.3, 0.4) is 0 Å². The van der Waals surface area contributed by atoms with Gasteiger partial charge in [0.2, 0.25) is 0 Å². The highest BCUT2D eigenvalue weighted by atomic mass is 32.1. The van der Waals surface area contributed by atoms with Gasteiger partial charge in [0.05, 0.1) is 12.6 Å². The molecule has 0 unspecified atom stereocenters. The van der Waals surface area contributed by atoms with Gasteiger partial charge >= 0.3 is 0 Å². The van der Waals surface area contributed by atoms with Crippen molar-refractivity contribution in [2.24, 2.45) is 0 Å². The third-order valence-electron chi connectivity index (χ3n) is 7.10. The van der Waals surface area contributed by atoms with Gasteiger partial charge in [-0.15, -0.1) is 11.3 Å². The van der Waals surface area contributed by atoms with Crippen molar-refractivity contribution in [2.45, 2.75) is 38.8 Å². The number of benzene rings is 2. The van der Waals surface area contributed by atoms with Crippen molar-refractivity contribution in [3.63, 3.8) is 0 Å². The van der Waals surface area contributed by atoms with Crippen LogP contribution in [0.25, 0.3) is 11.8 Å². The molecular formula is C31H36N6O4S. The van der Waals surface area contributed by atoms with Gasteiger partial charge in [-0.05, 0) is 69.6 Å². The summed E-state index contributed by atoms with van der Waals surface area (Å²) in [5.41, 5.74) is 1.26. The number of nitriles is 1. The van der Waals surface area contributed by atoms with Gasteiger partial charge in [-0.25, -0.2) is 0 Å². The molecule has 1 aliphatic rings. The summed E-state index contributed by atoms with van der Waals surface area (Å²) in [6.07, 6.45) is 4.90. The van der Waals surface area contributed by atoms with Crippen LogP contribution in [-0.4, -0.2) is 59.2 Å². The van der Waals surface area contributed by atoms with E-state index >= 15 is 0 Å². The number of rotatable bonds is 12. The molecule has 10 nitrogen and oxygen atoms in total. The molecule has 1 aromatic heterocycles. The molecule has 3 aromatic rings. The number of thiazole rings is 1. The molecule has 1 saturated heterocycles. The Bertz CT molecular complexity index is 1600. The summed E-state index contributed by atoms with van der Waals surface area (Å²) in [4.78, 5) is 41.3. The second-order valence-electron chi connectivity index (χ2n) is 9.95. The highest BCUT2D eigenvalue weighted by molar-refractivity contribution is 7.07. The highest BCUT2D eigenvalue weighted by Gasteiger charge is 2.20. The minimum absolute atomic E-state index is 0.164. The summed E-state index contributed by atoms with van der Waals surface area (Å²) in [7, 11) is 0. The summed E-state index contributed by atoms with van der Waals surface area (Å²) < 4.78 is 1.90. The summed E-state index contributed by atoms with van der Waals surface area (Å²) in [5.74, 6) is -0.842. The largest absolute Gasteiger partial charge is 0.394 e. The number of nitrogens with zero attached hydrogens (tertiary/aromatic N) is 3. The number of hydrogen-bond donors (Lipinski definition) is 4. The van der Waals surface area contributed by atoms with Crippen LogP contribution in [0.5, 0.6) is 0 Å². The Balaban J connectivity index is 1.50. The minimum Gasteiger partial charge on any atom is -0.394 e. The number of carbonyl (C=O) groups is 2. The Kier molecular flexibility index (Phi) is 11.1. The smallest absolute Gasteiger partial charge is 0.270 e. The zero-order chi connectivity index (χ0) is 29.9. The molecular weight excluding hydrogens is 552 g/mol. The van der Waals surface area contributed by atoms with Crippen LogP contribution in [-0.2, 0) is 11.3 Å². The van der Waals surface area contributed by atoms with Gasteiger partial charge in [0.25, 0.3) is 17.4 Å². The van der Waals surface area contributed by atoms with Gasteiger partial charge in [0, 0.05) is 30.5 Å². The quantitative estimate of drug-likeness (QED) is 0.235. The lowest BCUT2D eigenvalue weighted by molar-refractivity contribution is -0.116. The molecule has 2 aromatic carbocycles. The van der Waals surface area contributed by atoms with E-state index < -0.39 is 11.9 Å². The standard InChI is InChI=1S/C31H36N6O4S/c1-2-37-30(41)27(42-31(37)25(19-32)29(40)35-26(21-38)22-10-4-3-5-11-22)20-34-24-13-8-12-23(18-24)28(39)33-14-9-17-36-15-6-7-16-36/h3-5,8,10-13,18,20,26,34,38H,2,6-7,9,14-17,21H2,1H3,(H,33,39)(H,35,40)/t26-/m0/s1. The van der Waals surface area contributed by atoms with Crippen LogP contribution in [0.15, 0.2) is 59.4 Å². The van der Waals surface area contributed by atoms with E-state index in [0.29, 0.717) is 27.9 Å². The zero-order valence-electron chi connectivity index (χ0n) is 23.6. The van der Waals surface area contributed by atoms with E-state index in [4.69, 9.17) is 0 Å². The SMILES string of the molecule is CCn1c(=C(C#N)C(=O)N[C@@H](CO)c2ccccc2)sc(=CNc2cccc(C(=O)NCCCN3CCCC3)c2)c1=O. The number of likely N-dealkylation sites (tertiary alicyclic amines) is 1. The molecule has 0 aliphatic carbocycles. The summed E-state index contributed by atoms with van der Waals surface area (Å²) >= 11 is 1.02. The molecule has 220 valence electrons. The van der Waals surface area contributed by atoms with Gasteiger partial charge < -0.3 is 26.0 Å². The average Bonchev–Trinajstić information content (AvgIpc) is 3.65. The van der Waals surface area contributed by atoms with Crippen molar-refractivity contribution in [1.82, 2.24) is 20.1 Å². The van der Waals surface area contributed by atoms with E-state index in [-0.39, 0.29) is 34.9 Å². The first-order chi connectivity index (χ1) is 20.4. The second kappa shape index (κ2) is 15.1. The Morgan fingerprint density at radius 1 is 1.14 bits per heavy atom. The van der Waals surface area contributed by atoms with Crippen molar-refractivity contribution in [3.05, 3.63) is 85.3 Å². The third kappa shape index (κ3) is 7.73. The molecule has 1 aliphatic heterocycles. The van der Waals surface area contributed by atoms with E-state index in [1.54, 1.807) is 55.5 Å². The Morgan fingerprint density at radius 2 is 1.90 bits per heavy atom. The normalized spacial score (nSPS) is 15.1. The lowest BCUT2D eigenvalue weighted by atomic mass is 10.1. The van der Waals surface area contributed by atoms with Crippen LogP contribution in [0.1, 0.15) is 48.1 Å². The first kappa shape index (κ1) is 30.7. The number of carbonyl (C=O) groups excluding carboxylic acids is 2. The third-order valence-corrected chi connectivity index (χ3v) is 8.23. The zero-order valence-corrected chi connectivity index (χ0v) is 24.5. The summed E-state index contributed by atoms with van der Waals surface area (Å²) in [6, 6.07) is 17.2. The van der Waals surface area contributed by atoms with Crippen LogP contribution in [0, 0.1) is 11.3 Å². The number of nitrogens with one attached hydrogen (secondary N) is 3. The van der Waals surface area contributed by atoms with Crippen molar-refractivity contribution >= 4 is 40.6 Å². The second-order valence-corrected chi connectivity index (χ2v) is 11.0. The average molecular weight is 589 g/mol. The number of aliphatic hydroxyl groups is 1.